The number of hydrogen-bond donors (Lipinski definition) is 3. The van der Waals surface area contributed by atoms with Crippen molar-refractivity contribution in [3.05, 3.63) is 58.7 Å². The first-order valence-corrected chi connectivity index (χ1v) is 10.9. The molecular weight excluding hydrogens is 412 g/mol. The summed E-state index contributed by atoms with van der Waals surface area (Å²) < 4.78 is 16.9. The van der Waals surface area contributed by atoms with E-state index >= 15 is 0 Å². The van der Waals surface area contributed by atoms with Gasteiger partial charge in [-0.1, -0.05) is 12.1 Å². The van der Waals surface area contributed by atoms with Crippen LogP contribution in [0.5, 0.6) is 11.5 Å². The standard InChI is InChI=1S/C24H26N2O6/c1-25-24(29)17-9-14(23(28)26-21-19-10-30-11-20(19)21)8-16-18(12-32-22(16)17)13-3-2-4-15(7-13)31-6-5-27/h2-4,7-9,18-21,27H,5-6,10-12H2,1H3,(H,25,29)(H,26,28)/t18?,19-,20+,21+. The van der Waals surface area contributed by atoms with Crippen LogP contribution in [0.2, 0.25) is 0 Å². The average molecular weight is 438 g/mol. The van der Waals surface area contributed by atoms with Crippen molar-refractivity contribution in [2.45, 2.75) is 12.0 Å². The Morgan fingerprint density at radius 1 is 1.12 bits per heavy atom. The number of benzene rings is 2. The smallest absolute Gasteiger partial charge is 0.254 e. The van der Waals surface area contributed by atoms with Crippen LogP contribution in [-0.4, -0.2) is 63.0 Å². The van der Waals surface area contributed by atoms with Crippen molar-refractivity contribution in [3.63, 3.8) is 0 Å². The first kappa shape index (κ1) is 20.8. The number of carbonyl (C=O) groups is 2. The lowest BCUT2D eigenvalue weighted by Crippen LogP contribution is -2.30. The summed E-state index contributed by atoms with van der Waals surface area (Å²) in [4.78, 5) is 25.6. The minimum absolute atomic E-state index is 0.0671. The van der Waals surface area contributed by atoms with Crippen LogP contribution in [0.4, 0.5) is 0 Å². The van der Waals surface area contributed by atoms with Crippen LogP contribution in [0.3, 0.4) is 0 Å². The summed E-state index contributed by atoms with van der Waals surface area (Å²) in [6.07, 6.45) is 0. The molecule has 1 saturated carbocycles. The molecule has 0 spiro atoms. The Kier molecular flexibility index (Phi) is 5.48. The molecule has 32 heavy (non-hydrogen) atoms. The number of aliphatic hydroxyl groups is 1. The summed E-state index contributed by atoms with van der Waals surface area (Å²) in [6.45, 7) is 1.88. The Labute approximate surface area is 185 Å². The van der Waals surface area contributed by atoms with E-state index in [0.717, 1.165) is 11.1 Å². The lowest BCUT2D eigenvalue weighted by atomic mass is 9.90. The van der Waals surface area contributed by atoms with Crippen molar-refractivity contribution in [2.75, 3.05) is 40.1 Å². The Hall–Kier alpha value is -3.10. The summed E-state index contributed by atoms with van der Waals surface area (Å²) in [7, 11) is 1.56. The number of amides is 2. The second-order valence-corrected chi connectivity index (χ2v) is 8.39. The molecule has 4 atom stereocenters. The molecule has 0 bridgehead atoms. The summed E-state index contributed by atoms with van der Waals surface area (Å²) >= 11 is 0. The molecule has 2 aromatic rings. The van der Waals surface area contributed by atoms with Gasteiger partial charge in [-0.05, 0) is 29.8 Å². The molecule has 2 aromatic carbocycles. The van der Waals surface area contributed by atoms with E-state index < -0.39 is 0 Å². The summed E-state index contributed by atoms with van der Waals surface area (Å²) in [5.74, 6) is 1.30. The minimum atomic E-state index is -0.298. The molecule has 2 amide bonds. The molecule has 2 aliphatic heterocycles. The first-order valence-electron chi connectivity index (χ1n) is 10.9. The molecule has 0 aromatic heterocycles. The van der Waals surface area contributed by atoms with Gasteiger partial charge < -0.3 is 30.0 Å². The van der Waals surface area contributed by atoms with Gasteiger partial charge >= 0.3 is 0 Å². The second kappa shape index (κ2) is 8.44. The topological polar surface area (TPSA) is 106 Å². The van der Waals surface area contributed by atoms with E-state index in [0.29, 0.717) is 54.3 Å². The Morgan fingerprint density at radius 3 is 2.69 bits per heavy atom. The van der Waals surface area contributed by atoms with E-state index in [1.165, 1.54) is 0 Å². The third-order valence-electron chi connectivity index (χ3n) is 6.49. The van der Waals surface area contributed by atoms with Crippen molar-refractivity contribution in [2.24, 2.45) is 11.8 Å². The summed E-state index contributed by atoms with van der Waals surface area (Å²) in [5, 5.41) is 14.8. The highest BCUT2D eigenvalue weighted by atomic mass is 16.5. The van der Waals surface area contributed by atoms with Crippen LogP contribution in [0.1, 0.15) is 37.8 Å². The molecule has 2 heterocycles. The number of fused-ring (bicyclic) bond motifs is 2. The Morgan fingerprint density at radius 2 is 1.94 bits per heavy atom. The van der Waals surface area contributed by atoms with Gasteiger partial charge in [0.25, 0.3) is 11.8 Å². The molecule has 3 aliphatic rings. The van der Waals surface area contributed by atoms with Gasteiger partial charge in [0, 0.05) is 42.0 Å². The maximum Gasteiger partial charge on any atom is 0.254 e. The second-order valence-electron chi connectivity index (χ2n) is 8.39. The normalized spacial score (nSPS) is 24.8. The SMILES string of the molecule is CNC(=O)c1cc(C(=O)N[C@H]2[C@@H]3COC[C@@H]32)cc2c1OCC2c1cccc(OCCO)c1. The van der Waals surface area contributed by atoms with Gasteiger partial charge in [0.05, 0.1) is 32.0 Å². The molecule has 8 heteroatoms. The molecule has 1 unspecified atom stereocenters. The van der Waals surface area contributed by atoms with Crippen LogP contribution >= 0.6 is 0 Å². The van der Waals surface area contributed by atoms with Gasteiger partial charge in [-0.25, -0.2) is 0 Å². The lowest BCUT2D eigenvalue weighted by molar-refractivity contribution is 0.0929. The fourth-order valence-corrected chi connectivity index (χ4v) is 4.71. The molecule has 5 rings (SSSR count). The van der Waals surface area contributed by atoms with Crippen LogP contribution in [0, 0.1) is 11.8 Å². The maximum atomic E-state index is 13.0. The Balaban J connectivity index is 1.46. The van der Waals surface area contributed by atoms with E-state index in [2.05, 4.69) is 10.6 Å². The molecule has 8 nitrogen and oxygen atoms in total. The van der Waals surface area contributed by atoms with Crippen molar-refractivity contribution in [1.29, 1.82) is 0 Å². The molecule has 168 valence electrons. The number of rotatable bonds is 7. The monoisotopic (exact) mass is 438 g/mol. The maximum absolute atomic E-state index is 13.0. The van der Waals surface area contributed by atoms with Gasteiger partial charge in [0.2, 0.25) is 0 Å². The predicted molar refractivity (Wildman–Crippen MR) is 115 cm³/mol. The fraction of sp³-hybridized carbons (Fsp3) is 0.417. The van der Waals surface area contributed by atoms with E-state index in [-0.39, 0.29) is 37.0 Å². The van der Waals surface area contributed by atoms with E-state index in [9.17, 15) is 9.59 Å². The predicted octanol–water partition coefficient (Wildman–Crippen LogP) is 1.32. The van der Waals surface area contributed by atoms with E-state index in [4.69, 9.17) is 19.3 Å². The minimum Gasteiger partial charge on any atom is -0.491 e. The van der Waals surface area contributed by atoms with Crippen LogP contribution < -0.4 is 20.1 Å². The number of carbonyl (C=O) groups excluding carboxylic acids is 2. The molecule has 1 aliphatic carbocycles. The summed E-state index contributed by atoms with van der Waals surface area (Å²) in [6, 6.07) is 11.1. The molecule has 0 radical (unpaired) electrons. The zero-order valence-electron chi connectivity index (χ0n) is 17.8. The van der Waals surface area contributed by atoms with Gasteiger partial charge in [-0.2, -0.15) is 0 Å². The summed E-state index contributed by atoms with van der Waals surface area (Å²) in [5.41, 5.74) is 2.55. The van der Waals surface area contributed by atoms with E-state index in [1.54, 1.807) is 13.1 Å². The van der Waals surface area contributed by atoms with Gasteiger partial charge in [-0.15, -0.1) is 0 Å². The van der Waals surface area contributed by atoms with Crippen molar-refractivity contribution in [1.82, 2.24) is 10.6 Å². The number of aliphatic hydroxyl groups excluding tert-OH is 1. The zero-order chi connectivity index (χ0) is 22.2. The zero-order valence-corrected chi connectivity index (χ0v) is 17.8. The van der Waals surface area contributed by atoms with Gasteiger partial charge in [0.1, 0.15) is 18.1 Å². The quantitative estimate of drug-likeness (QED) is 0.602. The number of ether oxygens (including phenoxy) is 3. The molecule has 2 fully saturated rings. The highest BCUT2D eigenvalue weighted by molar-refractivity contribution is 6.02. The molecule has 1 saturated heterocycles. The Bertz CT molecular complexity index is 1040. The fourth-order valence-electron chi connectivity index (χ4n) is 4.71. The average Bonchev–Trinajstić information content (AvgIpc) is 3.18. The van der Waals surface area contributed by atoms with E-state index in [1.807, 2.05) is 30.3 Å². The highest BCUT2D eigenvalue weighted by Gasteiger charge is 2.54. The molecule has 3 N–H and O–H groups in total. The van der Waals surface area contributed by atoms with Crippen molar-refractivity contribution >= 4 is 11.8 Å². The largest absolute Gasteiger partial charge is 0.491 e. The van der Waals surface area contributed by atoms with Crippen LogP contribution in [0.25, 0.3) is 0 Å². The number of hydrogen-bond acceptors (Lipinski definition) is 6. The van der Waals surface area contributed by atoms with Crippen molar-refractivity contribution in [3.8, 4) is 11.5 Å². The van der Waals surface area contributed by atoms with Crippen molar-refractivity contribution < 1.29 is 28.9 Å². The highest BCUT2D eigenvalue weighted by Crippen LogP contribution is 2.45. The number of nitrogens with one attached hydrogen (secondary N) is 2. The molecular formula is C24H26N2O6. The van der Waals surface area contributed by atoms with Gasteiger partial charge in [0.15, 0.2) is 0 Å². The van der Waals surface area contributed by atoms with Gasteiger partial charge in [-0.3, -0.25) is 9.59 Å². The third kappa shape index (κ3) is 3.69. The van der Waals surface area contributed by atoms with Crippen LogP contribution in [-0.2, 0) is 4.74 Å². The van der Waals surface area contributed by atoms with Crippen LogP contribution in [0.15, 0.2) is 36.4 Å². The third-order valence-corrected chi connectivity index (χ3v) is 6.49. The first-order chi connectivity index (χ1) is 15.6. The lowest BCUT2D eigenvalue weighted by Gasteiger charge is -2.14.